The molecule has 0 bridgehead atoms. The number of ether oxygens (including phenoxy) is 2. The van der Waals surface area contributed by atoms with Gasteiger partial charge in [0, 0.05) is 6.04 Å². The fourth-order valence-corrected chi connectivity index (χ4v) is 2.21. The molecule has 1 heterocycles. The second-order valence-electron chi connectivity index (χ2n) is 5.07. The van der Waals surface area contributed by atoms with E-state index in [0.29, 0.717) is 19.1 Å². The van der Waals surface area contributed by atoms with Crippen LogP contribution in [0, 0.1) is 5.92 Å². The van der Waals surface area contributed by atoms with Crippen LogP contribution in [0.3, 0.4) is 0 Å². The molecule has 17 heavy (non-hydrogen) atoms. The number of hydrogen-bond acceptors (Lipinski definition) is 3. The normalized spacial score (nSPS) is 16.0. The van der Waals surface area contributed by atoms with E-state index in [2.05, 4.69) is 26.0 Å². The van der Waals surface area contributed by atoms with Gasteiger partial charge in [-0.15, -0.1) is 0 Å². The van der Waals surface area contributed by atoms with E-state index < -0.39 is 0 Å². The van der Waals surface area contributed by atoms with E-state index in [0.717, 1.165) is 24.3 Å². The molecule has 0 saturated carbocycles. The summed E-state index contributed by atoms with van der Waals surface area (Å²) in [7, 11) is 0. The van der Waals surface area contributed by atoms with Gasteiger partial charge in [0.25, 0.3) is 0 Å². The van der Waals surface area contributed by atoms with E-state index >= 15 is 0 Å². The Hall–Kier alpha value is -1.22. The molecule has 3 nitrogen and oxygen atoms in total. The average molecular weight is 235 g/mol. The lowest BCUT2D eigenvalue weighted by atomic mass is 9.98. The van der Waals surface area contributed by atoms with Crippen LogP contribution < -0.4 is 15.2 Å². The fourth-order valence-electron chi connectivity index (χ4n) is 2.21. The molecule has 0 saturated heterocycles. The van der Waals surface area contributed by atoms with Crippen molar-refractivity contribution in [1.82, 2.24) is 0 Å². The molecule has 0 radical (unpaired) electrons. The van der Waals surface area contributed by atoms with Crippen LogP contribution in [0.5, 0.6) is 11.5 Å². The first-order valence-electron chi connectivity index (χ1n) is 6.29. The molecule has 1 unspecified atom stereocenters. The number of fused-ring (bicyclic) bond motifs is 1. The summed E-state index contributed by atoms with van der Waals surface area (Å²) in [5.41, 5.74) is 7.34. The summed E-state index contributed by atoms with van der Waals surface area (Å²) < 4.78 is 11.1. The maximum Gasteiger partial charge on any atom is 0.161 e. The lowest BCUT2D eigenvalue weighted by molar-refractivity contribution is 0.171. The number of benzene rings is 1. The first kappa shape index (κ1) is 12.2. The van der Waals surface area contributed by atoms with Crippen molar-refractivity contribution < 1.29 is 9.47 Å². The zero-order valence-corrected chi connectivity index (χ0v) is 10.6. The molecular formula is C14H21NO2. The molecule has 2 N–H and O–H groups in total. The SMILES string of the molecule is CC(C)CC(N)Cc1ccc2c(c1)OCCO2. The van der Waals surface area contributed by atoms with Gasteiger partial charge in [-0.1, -0.05) is 19.9 Å². The second kappa shape index (κ2) is 5.41. The first-order chi connectivity index (χ1) is 8.15. The van der Waals surface area contributed by atoms with Crippen LogP contribution in [0.25, 0.3) is 0 Å². The zero-order chi connectivity index (χ0) is 12.3. The van der Waals surface area contributed by atoms with Crippen LogP contribution in [-0.4, -0.2) is 19.3 Å². The minimum absolute atomic E-state index is 0.220. The topological polar surface area (TPSA) is 44.5 Å². The van der Waals surface area contributed by atoms with Gasteiger partial charge in [0.15, 0.2) is 11.5 Å². The summed E-state index contributed by atoms with van der Waals surface area (Å²) >= 11 is 0. The van der Waals surface area contributed by atoms with Crippen LogP contribution in [0.1, 0.15) is 25.8 Å². The van der Waals surface area contributed by atoms with Crippen LogP contribution in [0.15, 0.2) is 18.2 Å². The minimum atomic E-state index is 0.220. The summed E-state index contributed by atoms with van der Waals surface area (Å²) in [5, 5.41) is 0. The molecule has 0 aliphatic carbocycles. The van der Waals surface area contributed by atoms with Crippen LogP contribution in [0.2, 0.25) is 0 Å². The molecule has 1 aromatic carbocycles. The molecule has 1 aromatic rings. The lowest BCUT2D eigenvalue weighted by Gasteiger charge is -2.20. The van der Waals surface area contributed by atoms with Crippen molar-refractivity contribution in [2.45, 2.75) is 32.7 Å². The first-order valence-corrected chi connectivity index (χ1v) is 6.29. The Bertz CT molecular complexity index is 376. The number of nitrogens with two attached hydrogens (primary N) is 1. The van der Waals surface area contributed by atoms with Crippen molar-refractivity contribution >= 4 is 0 Å². The second-order valence-corrected chi connectivity index (χ2v) is 5.07. The summed E-state index contributed by atoms with van der Waals surface area (Å²) in [6.45, 7) is 5.67. The molecule has 1 aliphatic heterocycles. The summed E-state index contributed by atoms with van der Waals surface area (Å²) in [4.78, 5) is 0. The minimum Gasteiger partial charge on any atom is -0.486 e. The van der Waals surface area contributed by atoms with Crippen LogP contribution in [0.4, 0.5) is 0 Å². The third kappa shape index (κ3) is 3.37. The summed E-state index contributed by atoms with van der Waals surface area (Å²) in [6, 6.07) is 6.33. The Morgan fingerprint density at radius 1 is 1.18 bits per heavy atom. The van der Waals surface area contributed by atoms with Crippen molar-refractivity contribution in [2.75, 3.05) is 13.2 Å². The van der Waals surface area contributed by atoms with Crippen LogP contribution in [-0.2, 0) is 6.42 Å². The highest BCUT2D eigenvalue weighted by molar-refractivity contribution is 5.44. The van der Waals surface area contributed by atoms with E-state index in [9.17, 15) is 0 Å². The monoisotopic (exact) mass is 235 g/mol. The van der Waals surface area contributed by atoms with Gasteiger partial charge in [-0.3, -0.25) is 0 Å². The molecule has 94 valence electrons. The van der Waals surface area contributed by atoms with Gasteiger partial charge >= 0.3 is 0 Å². The van der Waals surface area contributed by atoms with Crippen molar-refractivity contribution in [2.24, 2.45) is 11.7 Å². The zero-order valence-electron chi connectivity index (χ0n) is 10.6. The Morgan fingerprint density at radius 3 is 2.59 bits per heavy atom. The molecule has 3 heteroatoms. The molecule has 1 atom stereocenters. The predicted molar refractivity (Wildman–Crippen MR) is 68.6 cm³/mol. The quantitative estimate of drug-likeness (QED) is 0.871. The van der Waals surface area contributed by atoms with E-state index in [1.54, 1.807) is 0 Å². The van der Waals surface area contributed by atoms with Crippen molar-refractivity contribution in [1.29, 1.82) is 0 Å². The Kier molecular flexibility index (Phi) is 3.89. The van der Waals surface area contributed by atoms with Gasteiger partial charge in [-0.25, -0.2) is 0 Å². The largest absolute Gasteiger partial charge is 0.486 e. The van der Waals surface area contributed by atoms with Crippen molar-refractivity contribution in [3.05, 3.63) is 23.8 Å². The molecular weight excluding hydrogens is 214 g/mol. The maximum atomic E-state index is 6.11. The summed E-state index contributed by atoms with van der Waals surface area (Å²) in [5.74, 6) is 2.34. The van der Waals surface area contributed by atoms with Gasteiger partial charge in [0.2, 0.25) is 0 Å². The van der Waals surface area contributed by atoms with E-state index in [-0.39, 0.29) is 6.04 Å². The standard InChI is InChI=1S/C14H21NO2/c1-10(2)7-12(15)8-11-3-4-13-14(9-11)17-6-5-16-13/h3-4,9-10,12H,5-8,15H2,1-2H3. The average Bonchev–Trinajstić information content (AvgIpc) is 2.27. The van der Waals surface area contributed by atoms with E-state index in [1.807, 2.05) is 6.07 Å². The van der Waals surface area contributed by atoms with Gasteiger partial charge in [0.1, 0.15) is 13.2 Å². The van der Waals surface area contributed by atoms with E-state index in [1.165, 1.54) is 5.56 Å². The third-order valence-corrected chi connectivity index (χ3v) is 2.88. The lowest BCUT2D eigenvalue weighted by Crippen LogP contribution is -2.24. The number of rotatable bonds is 4. The number of hydrogen-bond donors (Lipinski definition) is 1. The highest BCUT2D eigenvalue weighted by Gasteiger charge is 2.13. The van der Waals surface area contributed by atoms with Gasteiger partial charge in [-0.05, 0) is 36.5 Å². The molecule has 1 aliphatic rings. The Labute approximate surface area is 103 Å². The molecule has 0 spiro atoms. The Morgan fingerprint density at radius 2 is 1.88 bits per heavy atom. The molecule has 0 fully saturated rings. The highest BCUT2D eigenvalue weighted by atomic mass is 16.6. The van der Waals surface area contributed by atoms with Gasteiger partial charge < -0.3 is 15.2 Å². The Balaban J connectivity index is 2.01. The maximum absolute atomic E-state index is 6.11. The smallest absolute Gasteiger partial charge is 0.161 e. The van der Waals surface area contributed by atoms with Crippen LogP contribution >= 0.6 is 0 Å². The van der Waals surface area contributed by atoms with E-state index in [4.69, 9.17) is 15.2 Å². The third-order valence-electron chi connectivity index (χ3n) is 2.88. The van der Waals surface area contributed by atoms with Crippen molar-refractivity contribution in [3.63, 3.8) is 0 Å². The fraction of sp³-hybridized carbons (Fsp3) is 0.571. The molecule has 2 rings (SSSR count). The highest BCUT2D eigenvalue weighted by Crippen LogP contribution is 2.31. The van der Waals surface area contributed by atoms with Gasteiger partial charge in [-0.2, -0.15) is 0 Å². The predicted octanol–water partition coefficient (Wildman–Crippen LogP) is 2.37. The molecule has 0 aromatic heterocycles. The van der Waals surface area contributed by atoms with Gasteiger partial charge in [0.05, 0.1) is 0 Å². The summed E-state index contributed by atoms with van der Waals surface area (Å²) in [6.07, 6.45) is 1.95. The van der Waals surface area contributed by atoms with Crippen molar-refractivity contribution in [3.8, 4) is 11.5 Å². The molecule has 0 amide bonds.